The van der Waals surface area contributed by atoms with Crippen LogP contribution >= 0.6 is 33.9 Å². The monoisotopic (exact) mass is 367 g/mol. The van der Waals surface area contributed by atoms with Crippen LogP contribution < -0.4 is 4.74 Å². The Morgan fingerprint density at radius 3 is 2.71 bits per heavy atom. The van der Waals surface area contributed by atoms with Crippen molar-refractivity contribution in [2.24, 2.45) is 0 Å². The molecule has 114 valence electrons. The molecule has 2 aromatic rings. The molecule has 1 aromatic carbocycles. The molecular weight excluding hydrogens is 357 g/mol. The molecule has 2 rings (SSSR count). The van der Waals surface area contributed by atoms with E-state index in [1.165, 1.54) is 11.7 Å². The van der Waals surface area contributed by atoms with Crippen LogP contribution in [0.25, 0.3) is 10.9 Å². The molecule has 0 aliphatic rings. The zero-order valence-electron chi connectivity index (χ0n) is 11.0. The van der Waals surface area contributed by atoms with Crippen molar-refractivity contribution in [1.29, 1.82) is 0 Å². The first-order valence-electron chi connectivity index (χ1n) is 6.02. The van der Waals surface area contributed by atoms with E-state index in [1.807, 2.05) is 6.92 Å². The highest BCUT2D eigenvalue weighted by molar-refractivity contribution is 8.14. The SMILES string of the molecule is CCOc1cccc2c1c(S(=O)(=O)Cl)cn2C/C(Cl)=C/Cl. The van der Waals surface area contributed by atoms with Crippen molar-refractivity contribution < 1.29 is 13.2 Å². The summed E-state index contributed by atoms with van der Waals surface area (Å²) < 4.78 is 30.7. The highest BCUT2D eigenvalue weighted by Gasteiger charge is 2.22. The highest BCUT2D eigenvalue weighted by Crippen LogP contribution is 2.35. The predicted octanol–water partition coefficient (Wildman–Crippen LogP) is 4.29. The topological polar surface area (TPSA) is 48.3 Å². The molecule has 0 atom stereocenters. The van der Waals surface area contributed by atoms with Gasteiger partial charge in [-0.25, -0.2) is 8.42 Å². The fourth-order valence-electron chi connectivity index (χ4n) is 2.07. The Hall–Kier alpha value is -0.880. The van der Waals surface area contributed by atoms with Gasteiger partial charge in [-0.05, 0) is 19.1 Å². The lowest BCUT2D eigenvalue weighted by Gasteiger charge is -2.07. The maximum Gasteiger partial charge on any atom is 0.263 e. The van der Waals surface area contributed by atoms with Crippen molar-refractivity contribution in [2.45, 2.75) is 18.4 Å². The first kappa shape index (κ1) is 16.5. The van der Waals surface area contributed by atoms with Crippen LogP contribution in [0, 0.1) is 0 Å². The minimum atomic E-state index is -3.92. The number of aromatic nitrogens is 1. The summed E-state index contributed by atoms with van der Waals surface area (Å²) in [7, 11) is 1.61. The van der Waals surface area contributed by atoms with Crippen LogP contribution in [0.15, 0.2) is 39.9 Å². The van der Waals surface area contributed by atoms with E-state index in [2.05, 4.69) is 0 Å². The summed E-state index contributed by atoms with van der Waals surface area (Å²) in [6, 6.07) is 5.23. The molecule has 8 heteroatoms. The first-order chi connectivity index (χ1) is 9.88. The lowest BCUT2D eigenvalue weighted by atomic mass is 10.2. The van der Waals surface area contributed by atoms with E-state index < -0.39 is 9.05 Å². The fourth-order valence-corrected chi connectivity index (χ4v) is 3.32. The van der Waals surface area contributed by atoms with Crippen LogP contribution in [-0.4, -0.2) is 19.6 Å². The van der Waals surface area contributed by atoms with Crippen molar-refractivity contribution in [2.75, 3.05) is 6.61 Å². The first-order valence-corrected chi connectivity index (χ1v) is 9.15. The molecule has 0 aliphatic carbocycles. The number of hydrogen-bond donors (Lipinski definition) is 0. The zero-order chi connectivity index (χ0) is 15.6. The third-order valence-electron chi connectivity index (χ3n) is 2.84. The van der Waals surface area contributed by atoms with Crippen molar-refractivity contribution in [3.63, 3.8) is 0 Å². The van der Waals surface area contributed by atoms with E-state index >= 15 is 0 Å². The molecule has 4 nitrogen and oxygen atoms in total. The molecule has 1 heterocycles. The number of fused-ring (bicyclic) bond motifs is 1. The van der Waals surface area contributed by atoms with Gasteiger partial charge in [-0.2, -0.15) is 0 Å². The molecule has 0 radical (unpaired) electrons. The third kappa shape index (κ3) is 3.48. The molecule has 0 amide bonds. The standard InChI is InChI=1S/C13H12Cl3NO3S/c1-2-20-11-5-3-4-10-13(11)12(21(16,18)19)8-17(10)7-9(15)6-14/h3-6,8H,2,7H2,1H3/b9-6-. The Kier molecular flexibility index (Phi) is 5.09. The second-order valence-corrected chi connectivity index (χ2v) is 7.44. The summed E-state index contributed by atoms with van der Waals surface area (Å²) in [5, 5.41) is 0.808. The lowest BCUT2D eigenvalue weighted by molar-refractivity contribution is 0.344. The number of ether oxygens (including phenoxy) is 1. The molecule has 1 aromatic heterocycles. The van der Waals surface area contributed by atoms with Gasteiger partial charge in [0.2, 0.25) is 0 Å². The van der Waals surface area contributed by atoms with Crippen LogP contribution in [0.2, 0.25) is 0 Å². The van der Waals surface area contributed by atoms with E-state index in [4.69, 9.17) is 38.6 Å². The van der Waals surface area contributed by atoms with E-state index in [0.29, 0.717) is 28.3 Å². The molecule has 0 saturated carbocycles. The summed E-state index contributed by atoms with van der Waals surface area (Å²) >= 11 is 11.5. The summed E-state index contributed by atoms with van der Waals surface area (Å²) in [5.41, 5.74) is 1.88. The van der Waals surface area contributed by atoms with Gasteiger partial charge in [0.05, 0.1) is 24.1 Å². The Labute approximate surface area is 137 Å². The predicted molar refractivity (Wildman–Crippen MR) is 85.9 cm³/mol. The number of allylic oxidation sites excluding steroid dienone is 1. The van der Waals surface area contributed by atoms with Crippen LogP contribution in [0.4, 0.5) is 0 Å². The lowest BCUT2D eigenvalue weighted by Crippen LogP contribution is -1.96. The molecule has 21 heavy (non-hydrogen) atoms. The van der Waals surface area contributed by atoms with E-state index in [0.717, 1.165) is 0 Å². The maximum atomic E-state index is 11.8. The highest BCUT2D eigenvalue weighted by atomic mass is 35.7. The fraction of sp³-hybridized carbons (Fsp3) is 0.231. The third-order valence-corrected chi connectivity index (χ3v) is 4.77. The molecule has 0 bridgehead atoms. The maximum absolute atomic E-state index is 11.8. The van der Waals surface area contributed by atoms with Crippen LogP contribution in [0.1, 0.15) is 6.92 Å². The quantitative estimate of drug-likeness (QED) is 0.740. The van der Waals surface area contributed by atoms with Gasteiger partial charge < -0.3 is 9.30 Å². The summed E-state index contributed by atoms with van der Waals surface area (Å²) in [6.45, 7) is 2.47. The zero-order valence-corrected chi connectivity index (χ0v) is 14.1. The number of rotatable bonds is 5. The van der Waals surface area contributed by atoms with Gasteiger partial charge in [-0.15, -0.1) is 0 Å². The number of benzene rings is 1. The minimum Gasteiger partial charge on any atom is -0.493 e. The smallest absolute Gasteiger partial charge is 0.263 e. The second kappa shape index (κ2) is 6.48. The van der Waals surface area contributed by atoms with Gasteiger partial charge in [0.1, 0.15) is 10.6 Å². The van der Waals surface area contributed by atoms with Crippen LogP contribution in [-0.2, 0) is 15.6 Å². The van der Waals surface area contributed by atoms with Gasteiger partial charge in [0.25, 0.3) is 9.05 Å². The largest absolute Gasteiger partial charge is 0.493 e. The molecule has 0 N–H and O–H groups in total. The average Bonchev–Trinajstić information content (AvgIpc) is 2.79. The Balaban J connectivity index is 2.76. The van der Waals surface area contributed by atoms with Crippen molar-refractivity contribution >= 4 is 53.8 Å². The molecule has 0 spiro atoms. The molecule has 0 unspecified atom stereocenters. The Bertz CT molecular complexity index is 796. The normalized spacial score (nSPS) is 12.9. The second-order valence-electron chi connectivity index (χ2n) is 4.20. The minimum absolute atomic E-state index is 0.0118. The molecule has 0 fully saturated rings. The van der Waals surface area contributed by atoms with E-state index in [1.54, 1.807) is 22.8 Å². The van der Waals surface area contributed by atoms with Gasteiger partial charge in [-0.1, -0.05) is 29.3 Å². The number of hydrogen-bond acceptors (Lipinski definition) is 3. The van der Waals surface area contributed by atoms with Crippen molar-refractivity contribution in [3.8, 4) is 5.75 Å². The van der Waals surface area contributed by atoms with Crippen molar-refractivity contribution in [3.05, 3.63) is 35.0 Å². The van der Waals surface area contributed by atoms with Gasteiger partial charge >= 0.3 is 0 Å². The Morgan fingerprint density at radius 1 is 1.43 bits per heavy atom. The summed E-state index contributed by atoms with van der Waals surface area (Å²) in [6.07, 6.45) is 1.43. The van der Waals surface area contributed by atoms with Crippen LogP contribution in [0.3, 0.4) is 0 Å². The van der Waals surface area contributed by atoms with Crippen molar-refractivity contribution in [1.82, 2.24) is 4.57 Å². The van der Waals surface area contributed by atoms with Crippen LogP contribution in [0.5, 0.6) is 5.75 Å². The van der Waals surface area contributed by atoms with E-state index in [-0.39, 0.29) is 11.4 Å². The molecular formula is C13H12Cl3NO3S. The summed E-state index contributed by atoms with van der Waals surface area (Å²) in [4.78, 5) is -0.0118. The van der Waals surface area contributed by atoms with Gasteiger partial charge in [-0.3, -0.25) is 0 Å². The van der Waals surface area contributed by atoms with Gasteiger partial charge in [0, 0.05) is 27.4 Å². The summed E-state index contributed by atoms with van der Waals surface area (Å²) in [5.74, 6) is 0.457. The van der Waals surface area contributed by atoms with Gasteiger partial charge in [0.15, 0.2) is 0 Å². The average molecular weight is 369 g/mol. The molecule has 0 aliphatic heterocycles. The number of nitrogens with zero attached hydrogens (tertiary/aromatic N) is 1. The van der Waals surface area contributed by atoms with E-state index in [9.17, 15) is 8.42 Å². The molecule has 0 saturated heterocycles. The Morgan fingerprint density at radius 2 is 2.14 bits per heavy atom. The number of halogens is 3.